The van der Waals surface area contributed by atoms with Gasteiger partial charge in [-0.15, -0.1) is 5.10 Å². The Morgan fingerprint density at radius 1 is 1.35 bits per heavy atom. The van der Waals surface area contributed by atoms with Crippen molar-refractivity contribution in [3.8, 4) is 0 Å². The Morgan fingerprint density at radius 3 is 2.61 bits per heavy atom. The number of nitrogens with two attached hydrogens (primary N) is 3. The molecule has 0 amide bonds. The van der Waals surface area contributed by atoms with Crippen LogP contribution in [-0.2, 0) is 11.0 Å². The Kier molecular flexibility index (Phi) is 6.85. The van der Waals surface area contributed by atoms with E-state index in [4.69, 9.17) is 16.7 Å². The van der Waals surface area contributed by atoms with Gasteiger partial charge in [-0.2, -0.15) is 0 Å². The molecule has 9 heteroatoms. The van der Waals surface area contributed by atoms with E-state index < -0.39 is 11.0 Å². The first-order chi connectivity index (χ1) is 11.1. The summed E-state index contributed by atoms with van der Waals surface area (Å²) in [6.45, 7) is 0. The summed E-state index contributed by atoms with van der Waals surface area (Å²) in [5, 5.41) is 9.46. The molecule has 1 aromatic rings. The molecule has 1 aromatic carbocycles. The average Bonchev–Trinajstić information content (AvgIpc) is 2.55. The number of hydrazine groups is 1. The molecule has 23 heavy (non-hydrogen) atoms. The van der Waals surface area contributed by atoms with Crippen LogP contribution in [0.25, 0.3) is 0 Å². The van der Waals surface area contributed by atoms with Crippen LogP contribution in [-0.4, -0.2) is 22.3 Å². The minimum absolute atomic E-state index is 0.210. The van der Waals surface area contributed by atoms with E-state index in [-0.39, 0.29) is 5.84 Å². The Balaban J connectivity index is 2.33. The first kappa shape index (κ1) is 18.2. The Bertz CT molecular complexity index is 587. The molecule has 1 saturated carbocycles. The molecule has 1 unspecified atom stereocenters. The molecule has 128 valence electrons. The van der Waals surface area contributed by atoms with E-state index in [0.29, 0.717) is 22.4 Å². The lowest BCUT2D eigenvalue weighted by Crippen LogP contribution is -2.30. The van der Waals surface area contributed by atoms with Crippen LogP contribution < -0.4 is 27.0 Å². The van der Waals surface area contributed by atoms with E-state index in [1.807, 2.05) is 18.4 Å². The van der Waals surface area contributed by atoms with E-state index in [0.717, 1.165) is 31.2 Å². The highest BCUT2D eigenvalue weighted by Gasteiger charge is 2.26. The third kappa shape index (κ3) is 4.45. The number of hydrogen-bond acceptors (Lipinski definition) is 6. The summed E-state index contributed by atoms with van der Waals surface area (Å²) < 4.78 is 15.3. The van der Waals surface area contributed by atoms with Crippen LogP contribution in [0.15, 0.2) is 28.2 Å². The zero-order valence-corrected chi connectivity index (χ0v) is 14.8. The van der Waals surface area contributed by atoms with Crippen molar-refractivity contribution >= 4 is 28.8 Å². The zero-order chi connectivity index (χ0) is 16.8. The summed E-state index contributed by atoms with van der Waals surface area (Å²) in [7, 11) is -1.63. The first-order valence-corrected chi connectivity index (χ1v) is 9.89. The van der Waals surface area contributed by atoms with Crippen LogP contribution in [0.4, 0.5) is 0 Å². The number of nitrogens with one attached hydrogen (secondary N) is 2. The molecule has 0 radical (unpaired) electrons. The number of benzene rings is 1. The second-order valence-electron chi connectivity index (χ2n) is 5.51. The smallest absolute Gasteiger partial charge is 0.153 e. The summed E-state index contributed by atoms with van der Waals surface area (Å²) in [6.07, 6.45) is 6.30. The van der Waals surface area contributed by atoms with Crippen LogP contribution in [0, 0.1) is 0 Å². The second kappa shape index (κ2) is 8.65. The van der Waals surface area contributed by atoms with Crippen molar-refractivity contribution in [3.63, 3.8) is 0 Å². The normalized spacial score (nSPS) is 23.5. The summed E-state index contributed by atoms with van der Waals surface area (Å²) >= 11 is 1.66. The second-order valence-corrected chi connectivity index (χ2v) is 7.19. The lowest BCUT2D eigenvalue weighted by atomic mass is 9.80. The van der Waals surface area contributed by atoms with Crippen molar-refractivity contribution in [3.05, 3.63) is 29.3 Å². The molecule has 1 atom stereocenters. The van der Waals surface area contributed by atoms with Gasteiger partial charge in [-0.05, 0) is 49.5 Å². The third-order valence-corrected chi connectivity index (χ3v) is 5.51. The van der Waals surface area contributed by atoms with E-state index in [1.54, 1.807) is 18.0 Å². The van der Waals surface area contributed by atoms with E-state index >= 15 is 0 Å². The van der Waals surface area contributed by atoms with Gasteiger partial charge in [-0.25, -0.2) is 20.7 Å². The molecule has 1 aliphatic carbocycles. The highest BCUT2D eigenvalue weighted by Crippen LogP contribution is 2.36. The standard InChI is InChI=1S/C14H24N6OS2/c1-22-19-10-7-5-9(6-8-10)11-3-2-4-12(23(17)21)13(11)14(15)18-20-16/h2-4,9-10,19-20H,5-8,16-17H2,1H3,(H2,15,18). The molecule has 1 fully saturated rings. The van der Waals surface area contributed by atoms with Crippen molar-refractivity contribution in [2.45, 2.75) is 42.5 Å². The highest BCUT2D eigenvalue weighted by atomic mass is 32.2. The summed E-state index contributed by atoms with van der Waals surface area (Å²) in [4.78, 5) is 0.489. The van der Waals surface area contributed by atoms with Crippen molar-refractivity contribution in [2.24, 2.45) is 21.8 Å². The Hall–Kier alpha value is -1.13. The van der Waals surface area contributed by atoms with Gasteiger partial charge in [0.1, 0.15) is 11.0 Å². The third-order valence-electron chi connectivity index (χ3n) is 4.17. The molecule has 0 bridgehead atoms. The quantitative estimate of drug-likeness (QED) is 0.167. The minimum atomic E-state index is -1.63. The van der Waals surface area contributed by atoms with Crippen molar-refractivity contribution in [1.82, 2.24) is 10.3 Å². The van der Waals surface area contributed by atoms with E-state index in [2.05, 4.69) is 15.4 Å². The summed E-state index contributed by atoms with van der Waals surface area (Å²) in [5.74, 6) is 5.79. The number of amidine groups is 1. The first-order valence-electron chi connectivity index (χ1n) is 7.45. The number of rotatable bonds is 6. The van der Waals surface area contributed by atoms with Gasteiger partial charge in [0.15, 0.2) is 5.84 Å². The molecule has 0 aromatic heterocycles. The monoisotopic (exact) mass is 356 g/mol. The lowest BCUT2D eigenvalue weighted by Gasteiger charge is -2.30. The van der Waals surface area contributed by atoms with Gasteiger partial charge in [0.2, 0.25) is 0 Å². The van der Waals surface area contributed by atoms with Gasteiger partial charge < -0.3 is 5.73 Å². The molecule has 0 heterocycles. The number of hydrazone groups is 1. The average molecular weight is 357 g/mol. The number of nitrogens with zero attached hydrogens (tertiary/aromatic N) is 1. The predicted octanol–water partition coefficient (Wildman–Crippen LogP) is 0.645. The fourth-order valence-corrected chi connectivity index (χ4v) is 4.35. The van der Waals surface area contributed by atoms with Crippen LogP contribution in [0.1, 0.15) is 42.7 Å². The maximum Gasteiger partial charge on any atom is 0.153 e. The van der Waals surface area contributed by atoms with E-state index in [9.17, 15) is 4.21 Å². The SMILES string of the molecule is CSNC1CCC(c2cccc(S(N)=O)c2/C(N)=N/NN)CC1. The molecule has 0 saturated heterocycles. The Morgan fingerprint density at radius 2 is 2.04 bits per heavy atom. The van der Waals surface area contributed by atoms with Gasteiger partial charge in [0.25, 0.3) is 0 Å². The predicted molar refractivity (Wildman–Crippen MR) is 96.7 cm³/mol. The van der Waals surface area contributed by atoms with Gasteiger partial charge in [-0.3, -0.25) is 4.72 Å². The largest absolute Gasteiger partial charge is 0.382 e. The molecule has 8 N–H and O–H groups in total. The molecular weight excluding hydrogens is 332 g/mol. The summed E-state index contributed by atoms with van der Waals surface area (Å²) in [5.41, 5.74) is 9.91. The molecule has 1 aliphatic rings. The molecule has 7 nitrogen and oxygen atoms in total. The lowest BCUT2D eigenvalue weighted by molar-refractivity contribution is 0.381. The fourth-order valence-electron chi connectivity index (χ4n) is 3.14. The van der Waals surface area contributed by atoms with E-state index in [1.165, 1.54) is 0 Å². The highest BCUT2D eigenvalue weighted by molar-refractivity contribution is 7.96. The van der Waals surface area contributed by atoms with Crippen molar-refractivity contribution in [2.75, 3.05) is 6.26 Å². The van der Waals surface area contributed by atoms with Crippen molar-refractivity contribution in [1.29, 1.82) is 0 Å². The van der Waals surface area contributed by atoms with Crippen molar-refractivity contribution < 1.29 is 4.21 Å². The van der Waals surface area contributed by atoms with Gasteiger partial charge in [0.05, 0.1) is 4.90 Å². The van der Waals surface area contributed by atoms with Crippen LogP contribution in [0.2, 0.25) is 0 Å². The Labute approximate surface area is 143 Å². The number of hydrogen-bond donors (Lipinski definition) is 5. The minimum Gasteiger partial charge on any atom is -0.382 e. The summed E-state index contributed by atoms with van der Waals surface area (Å²) in [6, 6.07) is 6.13. The molecular formula is C14H24N6OS2. The van der Waals surface area contributed by atoms with Gasteiger partial charge in [0, 0.05) is 11.6 Å². The topological polar surface area (TPSA) is 132 Å². The fraction of sp³-hybridized carbons (Fsp3) is 0.500. The van der Waals surface area contributed by atoms with Crippen LogP contribution in [0.3, 0.4) is 0 Å². The maximum absolute atomic E-state index is 11.9. The molecule has 2 rings (SSSR count). The molecule has 0 spiro atoms. The van der Waals surface area contributed by atoms with Gasteiger partial charge in [-0.1, -0.05) is 24.1 Å². The van der Waals surface area contributed by atoms with Crippen LogP contribution >= 0.6 is 11.9 Å². The molecule has 0 aliphatic heterocycles. The zero-order valence-electron chi connectivity index (χ0n) is 13.1. The van der Waals surface area contributed by atoms with Gasteiger partial charge >= 0.3 is 0 Å². The van der Waals surface area contributed by atoms with Crippen LogP contribution in [0.5, 0.6) is 0 Å². The maximum atomic E-state index is 11.9.